The van der Waals surface area contributed by atoms with Crippen LogP contribution < -0.4 is 0 Å². The van der Waals surface area contributed by atoms with Gasteiger partial charge in [-0.05, 0) is 27.9 Å². The van der Waals surface area contributed by atoms with Crippen molar-refractivity contribution in [1.82, 2.24) is 4.90 Å². The standard InChI is InChI=1S/C13H10Cl2NO.Y/c1-8-11(14)5-6-13(16(8)2)10-4-3-9(17)7-12(10)15;/h3-5,7,17H,1H2,2H3;/q-1;. The minimum Gasteiger partial charge on any atom is -0.508 e. The van der Waals surface area contributed by atoms with Crippen LogP contribution in [0, 0.1) is 6.08 Å². The Morgan fingerprint density at radius 2 is 2.00 bits per heavy atom. The predicted octanol–water partition coefficient (Wildman–Crippen LogP) is 3.77. The number of hydrogen-bond donors (Lipinski definition) is 1. The Bertz CT molecular complexity index is 552. The second-order valence-corrected chi connectivity index (χ2v) is 4.47. The molecule has 1 radical (unpaired) electrons. The van der Waals surface area contributed by atoms with Crippen LogP contribution in [-0.4, -0.2) is 17.1 Å². The van der Waals surface area contributed by atoms with Crippen molar-refractivity contribution in [1.29, 1.82) is 0 Å². The van der Waals surface area contributed by atoms with E-state index in [1.54, 1.807) is 23.1 Å². The van der Waals surface area contributed by atoms with Crippen LogP contribution in [0.5, 0.6) is 5.75 Å². The zero-order valence-corrected chi connectivity index (χ0v) is 14.1. The van der Waals surface area contributed by atoms with Gasteiger partial charge in [-0.15, -0.1) is 6.07 Å². The first-order chi connectivity index (χ1) is 8.00. The molecular weight excluding hydrogens is 346 g/mol. The maximum absolute atomic E-state index is 9.32. The molecule has 5 heteroatoms. The number of phenols is 1. The Balaban J connectivity index is 0.00000162. The van der Waals surface area contributed by atoms with Gasteiger partial charge in [-0.2, -0.15) is 23.8 Å². The van der Waals surface area contributed by atoms with Gasteiger partial charge in [0, 0.05) is 39.8 Å². The summed E-state index contributed by atoms with van der Waals surface area (Å²) in [4.78, 5) is 1.81. The number of nitrogens with zero attached hydrogens (tertiary/aromatic N) is 1. The Morgan fingerprint density at radius 3 is 2.61 bits per heavy atom. The van der Waals surface area contributed by atoms with E-state index in [0.29, 0.717) is 15.8 Å². The summed E-state index contributed by atoms with van der Waals surface area (Å²) in [7, 11) is 1.84. The van der Waals surface area contributed by atoms with Crippen molar-refractivity contribution in [3.8, 4) is 5.75 Å². The number of halogens is 2. The molecule has 1 aliphatic heterocycles. The Morgan fingerprint density at radius 1 is 1.33 bits per heavy atom. The zero-order valence-electron chi connectivity index (χ0n) is 9.74. The molecule has 1 heterocycles. The largest absolute Gasteiger partial charge is 0.508 e. The fraction of sp³-hybridized carbons (Fsp3) is 0.0769. The molecule has 1 aromatic carbocycles. The average Bonchev–Trinajstić information content (AvgIpc) is 2.28. The minimum atomic E-state index is 0. The summed E-state index contributed by atoms with van der Waals surface area (Å²) in [6, 6.07) is 4.80. The third-order valence-corrected chi connectivity index (χ3v) is 3.20. The molecule has 0 saturated heterocycles. The van der Waals surface area contributed by atoms with Crippen LogP contribution in [0.25, 0.3) is 5.70 Å². The molecule has 0 aromatic heterocycles. The zero-order chi connectivity index (χ0) is 12.6. The van der Waals surface area contributed by atoms with Gasteiger partial charge in [-0.3, -0.25) is 0 Å². The first kappa shape index (κ1) is 15.8. The van der Waals surface area contributed by atoms with Crippen molar-refractivity contribution >= 4 is 28.9 Å². The average molecular weight is 356 g/mol. The number of likely N-dealkylation sites (N-methyl/N-ethyl adjacent to an activating group) is 1. The van der Waals surface area contributed by atoms with Gasteiger partial charge in [0.1, 0.15) is 5.75 Å². The van der Waals surface area contributed by atoms with E-state index in [9.17, 15) is 5.11 Å². The van der Waals surface area contributed by atoms with E-state index in [-0.39, 0.29) is 38.5 Å². The molecule has 1 N–H and O–H groups in total. The molecule has 91 valence electrons. The number of aromatic hydroxyl groups is 1. The van der Waals surface area contributed by atoms with Gasteiger partial charge in [-0.25, -0.2) is 0 Å². The SMILES string of the molecule is C=C1C(Cl)=C[C-]=C(c2ccc(O)cc2Cl)N1C.[Y]. The van der Waals surface area contributed by atoms with E-state index >= 15 is 0 Å². The van der Waals surface area contributed by atoms with E-state index in [2.05, 4.69) is 12.7 Å². The van der Waals surface area contributed by atoms with Crippen molar-refractivity contribution in [3.63, 3.8) is 0 Å². The molecular formula is C13H10Cl2NOY-. The molecule has 1 aliphatic rings. The normalized spacial score (nSPS) is 14.8. The van der Waals surface area contributed by atoms with E-state index in [1.807, 2.05) is 7.05 Å². The topological polar surface area (TPSA) is 23.5 Å². The molecule has 0 unspecified atom stereocenters. The quantitative estimate of drug-likeness (QED) is 0.775. The number of rotatable bonds is 1. The van der Waals surface area contributed by atoms with Crippen molar-refractivity contribution in [3.05, 3.63) is 58.2 Å². The van der Waals surface area contributed by atoms with E-state index in [0.717, 1.165) is 11.3 Å². The van der Waals surface area contributed by atoms with Crippen LogP contribution in [0.15, 0.2) is 41.6 Å². The summed E-state index contributed by atoms with van der Waals surface area (Å²) in [5.41, 5.74) is 2.22. The third-order valence-electron chi connectivity index (χ3n) is 2.56. The maximum atomic E-state index is 9.32. The van der Waals surface area contributed by atoms with Crippen LogP contribution in [0.3, 0.4) is 0 Å². The maximum Gasteiger partial charge on any atom is 0.114 e. The number of hydrogen-bond acceptors (Lipinski definition) is 2. The number of allylic oxidation sites excluding steroid dienone is 3. The Hall–Kier alpha value is -0.276. The summed E-state index contributed by atoms with van der Waals surface area (Å²) in [6.45, 7) is 3.87. The van der Waals surface area contributed by atoms with E-state index in [4.69, 9.17) is 23.2 Å². The second-order valence-electron chi connectivity index (χ2n) is 3.66. The molecule has 2 nitrogen and oxygen atoms in total. The Labute approximate surface area is 141 Å². The molecule has 2 rings (SSSR count). The van der Waals surface area contributed by atoms with Gasteiger partial charge < -0.3 is 10.0 Å². The Kier molecular flexibility index (Phi) is 5.48. The summed E-state index contributed by atoms with van der Waals surface area (Å²) in [6.07, 6.45) is 4.70. The second kappa shape index (κ2) is 6.25. The molecule has 0 atom stereocenters. The third kappa shape index (κ3) is 3.00. The van der Waals surface area contributed by atoms with E-state index < -0.39 is 0 Å². The van der Waals surface area contributed by atoms with Crippen LogP contribution in [-0.2, 0) is 32.7 Å². The fourth-order valence-corrected chi connectivity index (χ4v) is 2.01. The van der Waals surface area contributed by atoms with Crippen molar-refractivity contribution < 1.29 is 37.8 Å². The molecule has 18 heavy (non-hydrogen) atoms. The molecule has 0 bridgehead atoms. The van der Waals surface area contributed by atoms with E-state index in [1.165, 1.54) is 6.07 Å². The molecule has 0 saturated carbocycles. The molecule has 0 amide bonds. The summed E-state index contributed by atoms with van der Waals surface area (Å²) in [5, 5.41) is 10.3. The predicted molar refractivity (Wildman–Crippen MR) is 70.6 cm³/mol. The van der Waals surface area contributed by atoms with Gasteiger partial charge in [-0.1, -0.05) is 29.4 Å². The van der Waals surface area contributed by atoms with Gasteiger partial charge in [0.15, 0.2) is 0 Å². The van der Waals surface area contributed by atoms with Crippen molar-refractivity contribution in [2.24, 2.45) is 0 Å². The van der Waals surface area contributed by atoms with Crippen molar-refractivity contribution in [2.75, 3.05) is 7.05 Å². The smallest absolute Gasteiger partial charge is 0.114 e. The van der Waals surface area contributed by atoms with Crippen LogP contribution >= 0.6 is 23.2 Å². The van der Waals surface area contributed by atoms with Crippen molar-refractivity contribution in [2.45, 2.75) is 0 Å². The van der Waals surface area contributed by atoms with Crippen LogP contribution in [0.4, 0.5) is 0 Å². The fourth-order valence-electron chi connectivity index (χ4n) is 1.56. The molecule has 0 spiro atoms. The number of benzene rings is 1. The number of phenolic OH excluding ortho intramolecular Hbond substituents is 1. The van der Waals surface area contributed by atoms with Crippen LogP contribution in [0.2, 0.25) is 5.02 Å². The molecule has 0 fully saturated rings. The van der Waals surface area contributed by atoms with Crippen LogP contribution in [0.1, 0.15) is 5.56 Å². The first-order valence-corrected chi connectivity index (χ1v) is 5.67. The summed E-state index contributed by atoms with van der Waals surface area (Å²) in [5.74, 6) is 0.130. The van der Waals surface area contributed by atoms with Gasteiger partial charge in [0.25, 0.3) is 0 Å². The van der Waals surface area contributed by atoms with Gasteiger partial charge >= 0.3 is 0 Å². The monoisotopic (exact) mass is 355 g/mol. The minimum absolute atomic E-state index is 0. The van der Waals surface area contributed by atoms with Gasteiger partial charge in [0.2, 0.25) is 0 Å². The van der Waals surface area contributed by atoms with Gasteiger partial charge in [0.05, 0.1) is 0 Å². The molecule has 1 aromatic rings. The first-order valence-electron chi connectivity index (χ1n) is 4.91. The summed E-state index contributed by atoms with van der Waals surface area (Å²) < 4.78 is 0. The summed E-state index contributed by atoms with van der Waals surface area (Å²) >= 11 is 12.0. The molecule has 0 aliphatic carbocycles.